The third-order valence-corrected chi connectivity index (χ3v) is 8.39. The summed E-state index contributed by atoms with van der Waals surface area (Å²) in [6.45, 7) is 8.35. The summed E-state index contributed by atoms with van der Waals surface area (Å²) in [4.78, 5) is 24.8. The van der Waals surface area contributed by atoms with E-state index < -0.39 is 24.4 Å². The number of rotatable bonds is 9. The number of ether oxygens (including phenoxy) is 1. The molecule has 9 heteroatoms. The summed E-state index contributed by atoms with van der Waals surface area (Å²) in [6, 6.07) is 23.9. The minimum Gasteiger partial charge on any atom is -0.449 e. The molecule has 0 aromatic heterocycles. The normalized spacial score (nSPS) is 17.0. The first-order valence-corrected chi connectivity index (χ1v) is 14.7. The van der Waals surface area contributed by atoms with Gasteiger partial charge in [-0.25, -0.2) is 4.79 Å². The van der Waals surface area contributed by atoms with Crippen LogP contribution in [0.1, 0.15) is 56.7 Å². The Hall–Kier alpha value is -3.59. The number of carbonyl (C=O) groups is 2. The van der Waals surface area contributed by atoms with Crippen molar-refractivity contribution in [1.29, 1.82) is 0 Å². The molecule has 42 heavy (non-hydrogen) atoms. The van der Waals surface area contributed by atoms with Crippen molar-refractivity contribution in [3.63, 3.8) is 0 Å². The molecule has 3 aromatic rings. The molecule has 5 rings (SSSR count). The predicted octanol–water partition coefficient (Wildman–Crippen LogP) is 6.81. The van der Waals surface area contributed by atoms with Crippen LogP contribution in [0.15, 0.2) is 78.3 Å². The van der Waals surface area contributed by atoms with Crippen LogP contribution in [0.25, 0.3) is 17.2 Å². The molecule has 3 aromatic carbocycles. The zero-order chi connectivity index (χ0) is 29.9. The second-order valence-corrected chi connectivity index (χ2v) is 12.0. The molecule has 2 aliphatic rings. The van der Waals surface area contributed by atoms with Gasteiger partial charge in [-0.1, -0.05) is 66.7 Å². The van der Waals surface area contributed by atoms with Gasteiger partial charge < -0.3 is 24.7 Å². The maximum Gasteiger partial charge on any atom is 0.492 e. The van der Waals surface area contributed by atoms with Crippen molar-refractivity contribution in [2.75, 3.05) is 24.3 Å². The van der Waals surface area contributed by atoms with Gasteiger partial charge in [0.15, 0.2) is 0 Å². The quantitative estimate of drug-likeness (QED) is 0.213. The predicted molar refractivity (Wildman–Crippen MR) is 168 cm³/mol. The number of nitrogens with one attached hydrogen (secondary N) is 2. The number of fused-ring (bicyclic) bond motifs is 3. The Labute approximate surface area is 252 Å². The van der Waals surface area contributed by atoms with E-state index in [1.54, 1.807) is 0 Å². The Bertz CT molecular complexity index is 1430. The van der Waals surface area contributed by atoms with Crippen molar-refractivity contribution in [2.45, 2.75) is 51.2 Å². The average molecular weight is 587 g/mol. The second-order valence-electron chi connectivity index (χ2n) is 11.6. The molecule has 0 atom stereocenters. The third kappa shape index (κ3) is 6.41. The van der Waals surface area contributed by atoms with E-state index in [2.05, 4.69) is 34.9 Å². The number of carbonyl (C=O) groups excluding carboxylic acids is 2. The molecule has 1 aliphatic carbocycles. The van der Waals surface area contributed by atoms with Crippen LogP contribution < -0.4 is 10.6 Å². The van der Waals surface area contributed by atoms with Gasteiger partial charge in [0.05, 0.1) is 11.2 Å². The lowest BCUT2D eigenvalue weighted by molar-refractivity contribution is -0.115. The van der Waals surface area contributed by atoms with Crippen LogP contribution in [-0.4, -0.2) is 49.4 Å². The standard InChI is InChI=1S/C33H36BClN2O5/c1-32(2)33(3,4)42-34(41-32)23(19-22-13-15-24(16-14-22)37-30(38)17-18-35)20-36-31(39)40-21-29-27-11-7-5-9-25(27)26-10-6-8-12-28(26)29/h5-16,19,29H,17-18,20-21H2,1-4H3,(H,36,39)(H,37,38). The van der Waals surface area contributed by atoms with Crippen LogP contribution in [0.5, 0.6) is 0 Å². The number of halogens is 1. The number of benzene rings is 3. The van der Waals surface area contributed by atoms with Crippen LogP contribution in [0.4, 0.5) is 10.5 Å². The third-order valence-electron chi connectivity index (χ3n) is 8.20. The van der Waals surface area contributed by atoms with E-state index in [-0.39, 0.29) is 37.3 Å². The Morgan fingerprint density at radius 1 is 0.905 bits per heavy atom. The fourth-order valence-electron chi connectivity index (χ4n) is 5.21. The van der Waals surface area contributed by atoms with E-state index >= 15 is 0 Å². The lowest BCUT2D eigenvalue weighted by Gasteiger charge is -2.32. The molecule has 0 bridgehead atoms. The van der Waals surface area contributed by atoms with E-state index in [1.807, 2.05) is 82.3 Å². The van der Waals surface area contributed by atoms with Gasteiger partial charge in [0.2, 0.25) is 5.91 Å². The summed E-state index contributed by atoms with van der Waals surface area (Å²) in [6.07, 6.45) is 1.66. The average Bonchev–Trinajstić information content (AvgIpc) is 3.39. The first kappa shape index (κ1) is 29.9. The molecule has 2 N–H and O–H groups in total. The molecular weight excluding hydrogens is 551 g/mol. The highest BCUT2D eigenvalue weighted by atomic mass is 35.5. The van der Waals surface area contributed by atoms with Crippen molar-refractivity contribution >= 4 is 42.5 Å². The maximum absolute atomic E-state index is 13.0. The summed E-state index contributed by atoms with van der Waals surface area (Å²) >= 11 is 5.66. The highest BCUT2D eigenvalue weighted by molar-refractivity contribution is 6.56. The summed E-state index contributed by atoms with van der Waals surface area (Å²) in [5.74, 6) is 0.101. The van der Waals surface area contributed by atoms with Crippen molar-refractivity contribution in [1.82, 2.24) is 5.32 Å². The summed E-state index contributed by atoms with van der Waals surface area (Å²) < 4.78 is 18.4. The molecule has 1 saturated heterocycles. The molecule has 0 unspecified atom stereocenters. The van der Waals surface area contributed by atoms with E-state index in [0.29, 0.717) is 5.69 Å². The SMILES string of the molecule is CC1(C)OB(C(=Cc2ccc(NC(=O)CCCl)cc2)CNC(=O)OCC2c3ccccc3-c3ccccc32)OC1(C)C. The van der Waals surface area contributed by atoms with E-state index in [4.69, 9.17) is 25.6 Å². The second kappa shape index (κ2) is 12.3. The van der Waals surface area contributed by atoms with Crippen molar-refractivity contribution in [3.05, 3.63) is 95.0 Å². The summed E-state index contributed by atoms with van der Waals surface area (Å²) in [7, 11) is -0.660. The topological polar surface area (TPSA) is 85.9 Å². The van der Waals surface area contributed by atoms with Gasteiger partial charge in [0, 0.05) is 30.5 Å². The van der Waals surface area contributed by atoms with Crippen LogP contribution in [0, 0.1) is 0 Å². The largest absolute Gasteiger partial charge is 0.492 e. The van der Waals surface area contributed by atoms with Gasteiger partial charge in [-0.15, -0.1) is 11.6 Å². The number of alkyl carbamates (subject to hydrolysis) is 1. The molecule has 0 radical (unpaired) electrons. The molecule has 7 nitrogen and oxygen atoms in total. The zero-order valence-corrected chi connectivity index (χ0v) is 25.2. The number of anilines is 1. The molecule has 2 amide bonds. The monoisotopic (exact) mass is 586 g/mol. The minimum absolute atomic E-state index is 0.0234. The first-order chi connectivity index (χ1) is 20.1. The van der Waals surface area contributed by atoms with Crippen molar-refractivity contribution < 1.29 is 23.6 Å². The number of hydrogen-bond acceptors (Lipinski definition) is 5. The van der Waals surface area contributed by atoms with Gasteiger partial charge in [0.25, 0.3) is 0 Å². The highest BCUT2D eigenvalue weighted by Gasteiger charge is 2.52. The Morgan fingerprint density at radius 2 is 1.48 bits per heavy atom. The van der Waals surface area contributed by atoms with Crippen LogP contribution in [0.3, 0.4) is 0 Å². The van der Waals surface area contributed by atoms with Crippen LogP contribution >= 0.6 is 11.6 Å². The Balaban J connectivity index is 1.28. The lowest BCUT2D eigenvalue weighted by atomic mass is 9.77. The summed E-state index contributed by atoms with van der Waals surface area (Å²) in [5.41, 5.74) is 5.86. The lowest BCUT2D eigenvalue weighted by Crippen LogP contribution is -2.41. The first-order valence-electron chi connectivity index (χ1n) is 14.2. The van der Waals surface area contributed by atoms with Gasteiger partial charge in [-0.2, -0.15) is 0 Å². The van der Waals surface area contributed by atoms with Gasteiger partial charge in [-0.3, -0.25) is 4.79 Å². The van der Waals surface area contributed by atoms with E-state index in [0.717, 1.165) is 22.2 Å². The van der Waals surface area contributed by atoms with E-state index in [9.17, 15) is 9.59 Å². The molecule has 1 fully saturated rings. The number of alkyl halides is 1. The zero-order valence-electron chi connectivity index (χ0n) is 24.4. The van der Waals surface area contributed by atoms with Gasteiger partial charge in [-0.05, 0) is 73.1 Å². The smallest absolute Gasteiger partial charge is 0.449 e. The highest BCUT2D eigenvalue weighted by Crippen LogP contribution is 2.44. The van der Waals surface area contributed by atoms with Crippen LogP contribution in [-0.2, 0) is 18.8 Å². The van der Waals surface area contributed by atoms with Crippen LogP contribution in [0.2, 0.25) is 0 Å². The minimum atomic E-state index is -0.660. The van der Waals surface area contributed by atoms with Gasteiger partial charge >= 0.3 is 13.2 Å². The molecule has 0 spiro atoms. The number of amides is 2. The fraction of sp³-hybridized carbons (Fsp3) is 0.333. The Morgan fingerprint density at radius 3 is 2.05 bits per heavy atom. The van der Waals surface area contributed by atoms with Gasteiger partial charge in [0.1, 0.15) is 6.61 Å². The van der Waals surface area contributed by atoms with Crippen molar-refractivity contribution in [3.8, 4) is 11.1 Å². The fourth-order valence-corrected chi connectivity index (χ4v) is 5.38. The molecular formula is C33H36BClN2O5. The van der Waals surface area contributed by atoms with E-state index in [1.165, 1.54) is 11.1 Å². The molecule has 1 aliphatic heterocycles. The summed E-state index contributed by atoms with van der Waals surface area (Å²) in [5, 5.41) is 5.72. The Kier molecular flexibility index (Phi) is 8.78. The number of hydrogen-bond donors (Lipinski definition) is 2. The molecule has 218 valence electrons. The maximum atomic E-state index is 13.0. The molecule has 0 saturated carbocycles. The molecule has 1 heterocycles. The van der Waals surface area contributed by atoms with Crippen molar-refractivity contribution in [2.24, 2.45) is 0 Å².